The van der Waals surface area contributed by atoms with Crippen molar-refractivity contribution in [2.24, 2.45) is 5.92 Å². The van der Waals surface area contributed by atoms with E-state index >= 15 is 0 Å². The Morgan fingerprint density at radius 3 is 2.53 bits per heavy atom. The summed E-state index contributed by atoms with van der Waals surface area (Å²) in [6.45, 7) is 3.99. The van der Waals surface area contributed by atoms with Crippen molar-refractivity contribution in [3.63, 3.8) is 0 Å². The predicted octanol–water partition coefficient (Wildman–Crippen LogP) is 5.00. The Labute approximate surface area is 181 Å². The number of halogens is 3. The zero-order valence-electron chi connectivity index (χ0n) is 17.3. The topological polar surface area (TPSA) is 86.5 Å². The highest BCUT2D eigenvalue weighted by molar-refractivity contribution is 5.94. The minimum absolute atomic E-state index is 0.0709. The molecule has 0 saturated carbocycles. The fourth-order valence-corrected chi connectivity index (χ4v) is 3.23. The number of amides is 1. The Hall–Kier alpha value is -3.56. The van der Waals surface area contributed by atoms with E-state index in [-0.39, 0.29) is 24.2 Å². The molecule has 0 fully saturated rings. The largest absolute Gasteiger partial charge is 0.454 e. The zero-order valence-corrected chi connectivity index (χ0v) is 17.3. The summed E-state index contributed by atoms with van der Waals surface area (Å²) in [5.74, 6) is 1.11. The molecule has 10 heteroatoms. The normalized spacial score (nSPS) is 14.8. The molecule has 1 aliphatic heterocycles. The number of benzene rings is 2. The van der Waals surface area contributed by atoms with E-state index in [1.807, 2.05) is 13.8 Å². The molecule has 3 aromatic rings. The van der Waals surface area contributed by atoms with Gasteiger partial charge in [-0.25, -0.2) is 0 Å². The molecule has 7 nitrogen and oxygen atoms in total. The first-order chi connectivity index (χ1) is 15.3. The van der Waals surface area contributed by atoms with Gasteiger partial charge in [0.1, 0.15) is 6.04 Å². The Morgan fingerprint density at radius 1 is 1.12 bits per heavy atom. The van der Waals surface area contributed by atoms with Crippen molar-refractivity contribution < 1.29 is 32.0 Å². The minimum atomic E-state index is -4.47. The molecule has 2 heterocycles. The van der Waals surface area contributed by atoms with E-state index in [0.29, 0.717) is 29.3 Å². The lowest BCUT2D eigenvalue weighted by atomic mass is 9.98. The number of hydrogen-bond acceptors (Lipinski definition) is 6. The van der Waals surface area contributed by atoms with Crippen LogP contribution in [0.2, 0.25) is 0 Å². The van der Waals surface area contributed by atoms with Gasteiger partial charge in [-0.2, -0.15) is 18.2 Å². The maximum atomic E-state index is 12.8. The van der Waals surface area contributed by atoms with Gasteiger partial charge in [-0.1, -0.05) is 25.4 Å². The molecule has 0 aliphatic carbocycles. The maximum absolute atomic E-state index is 12.8. The quantitative estimate of drug-likeness (QED) is 0.572. The molecule has 2 aromatic carbocycles. The molecule has 0 unspecified atom stereocenters. The molecule has 4 rings (SSSR count). The van der Waals surface area contributed by atoms with Gasteiger partial charge < -0.3 is 19.3 Å². The summed E-state index contributed by atoms with van der Waals surface area (Å²) < 4.78 is 54.4. The van der Waals surface area contributed by atoms with Crippen LogP contribution in [0.4, 0.5) is 13.2 Å². The van der Waals surface area contributed by atoms with E-state index in [1.165, 1.54) is 0 Å². The van der Waals surface area contributed by atoms with Gasteiger partial charge in [0.15, 0.2) is 11.5 Å². The number of nitrogens with zero attached hydrogens (tertiary/aromatic N) is 2. The number of alkyl halides is 3. The van der Waals surface area contributed by atoms with Crippen molar-refractivity contribution in [1.29, 1.82) is 0 Å². The molecule has 0 spiro atoms. The summed E-state index contributed by atoms with van der Waals surface area (Å²) in [5, 5.41) is 6.81. The first-order valence-electron chi connectivity index (χ1n) is 9.98. The molecule has 0 saturated heterocycles. The van der Waals surface area contributed by atoms with Gasteiger partial charge in [-0.15, -0.1) is 0 Å². The van der Waals surface area contributed by atoms with Gasteiger partial charge >= 0.3 is 6.18 Å². The molecule has 2 atom stereocenters. The molecule has 1 N–H and O–H groups in total. The van der Waals surface area contributed by atoms with Crippen LogP contribution >= 0.6 is 0 Å². The van der Waals surface area contributed by atoms with Crippen LogP contribution in [0.15, 0.2) is 47.0 Å². The number of carbonyl (C=O) groups is 1. The number of carbonyl (C=O) groups excluding carboxylic acids is 1. The third-order valence-corrected chi connectivity index (χ3v) is 5.31. The molecule has 1 amide bonds. The van der Waals surface area contributed by atoms with Crippen molar-refractivity contribution in [1.82, 2.24) is 15.5 Å². The van der Waals surface area contributed by atoms with Gasteiger partial charge in [0.25, 0.3) is 5.91 Å². The number of ether oxygens (including phenoxy) is 2. The molecular formula is C22H20F3N3O4. The first kappa shape index (κ1) is 21.7. The Kier molecular flexibility index (Phi) is 5.77. The van der Waals surface area contributed by atoms with Crippen LogP contribution in [0.1, 0.15) is 48.1 Å². The van der Waals surface area contributed by atoms with E-state index in [0.717, 1.165) is 24.3 Å². The highest BCUT2D eigenvalue weighted by atomic mass is 19.4. The molecule has 0 radical (unpaired) electrons. The number of rotatable bonds is 6. The van der Waals surface area contributed by atoms with E-state index in [2.05, 4.69) is 15.5 Å². The van der Waals surface area contributed by atoms with Crippen LogP contribution in [0.25, 0.3) is 11.4 Å². The summed E-state index contributed by atoms with van der Waals surface area (Å²) in [4.78, 5) is 17.1. The lowest BCUT2D eigenvalue weighted by Gasteiger charge is -2.21. The Balaban J connectivity index is 1.55. The SMILES string of the molecule is CC[C@@H](C)[C@H](NC(=O)c1ccc(C(F)(F)F)cc1)c1nc(-c2ccc3c(c2)OCO3)no1. The van der Waals surface area contributed by atoms with E-state index in [9.17, 15) is 18.0 Å². The Bertz CT molecular complexity index is 1110. The zero-order chi connectivity index (χ0) is 22.9. The average molecular weight is 447 g/mol. The lowest BCUT2D eigenvalue weighted by Crippen LogP contribution is -2.32. The van der Waals surface area contributed by atoms with Crippen LogP contribution in [-0.2, 0) is 6.18 Å². The highest BCUT2D eigenvalue weighted by Crippen LogP contribution is 2.36. The summed E-state index contributed by atoms with van der Waals surface area (Å²) in [6, 6.07) is 8.64. The molecule has 168 valence electrons. The van der Waals surface area contributed by atoms with E-state index < -0.39 is 23.7 Å². The monoisotopic (exact) mass is 447 g/mol. The predicted molar refractivity (Wildman–Crippen MR) is 107 cm³/mol. The van der Waals surface area contributed by atoms with E-state index in [1.54, 1.807) is 18.2 Å². The second-order valence-corrected chi connectivity index (χ2v) is 7.44. The maximum Gasteiger partial charge on any atom is 0.416 e. The summed E-state index contributed by atoms with van der Waals surface area (Å²) in [6.07, 6.45) is -3.77. The van der Waals surface area contributed by atoms with Gasteiger partial charge in [-0.05, 0) is 48.4 Å². The van der Waals surface area contributed by atoms with Crippen LogP contribution in [0, 0.1) is 5.92 Å². The molecule has 32 heavy (non-hydrogen) atoms. The van der Waals surface area contributed by atoms with Crippen molar-refractivity contribution in [3.8, 4) is 22.9 Å². The fourth-order valence-electron chi connectivity index (χ4n) is 3.23. The van der Waals surface area contributed by atoms with Crippen molar-refractivity contribution >= 4 is 5.91 Å². The molecule has 1 aromatic heterocycles. The standard InChI is InChI=1S/C22H20F3N3O4/c1-3-12(2)18(26-20(29)13-4-7-15(8-5-13)22(23,24)25)21-27-19(28-32-21)14-6-9-16-17(10-14)31-11-30-16/h4-10,12,18H,3,11H2,1-2H3,(H,26,29)/t12-,18+/m1/s1. The lowest BCUT2D eigenvalue weighted by molar-refractivity contribution is -0.137. The summed E-state index contributed by atoms with van der Waals surface area (Å²) >= 11 is 0. The molecule has 0 bridgehead atoms. The highest BCUT2D eigenvalue weighted by Gasteiger charge is 2.31. The van der Waals surface area contributed by atoms with Crippen LogP contribution in [0.5, 0.6) is 11.5 Å². The third kappa shape index (κ3) is 4.39. The smallest absolute Gasteiger partial charge is 0.416 e. The van der Waals surface area contributed by atoms with Crippen LogP contribution in [-0.4, -0.2) is 22.8 Å². The number of aromatic nitrogens is 2. The average Bonchev–Trinajstić information content (AvgIpc) is 3.45. The van der Waals surface area contributed by atoms with E-state index in [4.69, 9.17) is 14.0 Å². The summed E-state index contributed by atoms with van der Waals surface area (Å²) in [7, 11) is 0. The Morgan fingerprint density at radius 2 is 1.84 bits per heavy atom. The number of hydrogen-bond donors (Lipinski definition) is 1. The van der Waals surface area contributed by atoms with Crippen molar-refractivity contribution in [3.05, 3.63) is 59.5 Å². The first-order valence-corrected chi connectivity index (χ1v) is 9.98. The molecule has 1 aliphatic rings. The molecular weight excluding hydrogens is 427 g/mol. The summed E-state index contributed by atoms with van der Waals surface area (Å²) in [5.41, 5.74) is -0.0687. The van der Waals surface area contributed by atoms with Crippen LogP contribution < -0.4 is 14.8 Å². The van der Waals surface area contributed by atoms with Gasteiger partial charge in [0, 0.05) is 11.1 Å². The minimum Gasteiger partial charge on any atom is -0.454 e. The van der Waals surface area contributed by atoms with Crippen molar-refractivity contribution in [2.45, 2.75) is 32.5 Å². The van der Waals surface area contributed by atoms with Crippen LogP contribution in [0.3, 0.4) is 0 Å². The third-order valence-electron chi connectivity index (χ3n) is 5.31. The number of fused-ring (bicyclic) bond motifs is 1. The fraction of sp³-hybridized carbons (Fsp3) is 0.318. The second-order valence-electron chi connectivity index (χ2n) is 7.44. The second kappa shape index (κ2) is 8.52. The van der Waals surface area contributed by atoms with Crippen molar-refractivity contribution in [2.75, 3.05) is 6.79 Å². The van der Waals surface area contributed by atoms with Gasteiger partial charge in [-0.3, -0.25) is 4.79 Å². The van der Waals surface area contributed by atoms with Gasteiger partial charge in [0.2, 0.25) is 18.5 Å². The van der Waals surface area contributed by atoms with Gasteiger partial charge in [0.05, 0.1) is 5.56 Å². The number of nitrogens with one attached hydrogen (secondary N) is 1.